The number of nitrogens with zero attached hydrogens (tertiary/aromatic N) is 1. The molecule has 0 amide bonds. The molecular formula is C19H30N2O. The number of hydrogen-bond donors (Lipinski definition) is 1. The zero-order chi connectivity index (χ0) is 15.6. The molecule has 1 aromatic carbocycles. The van der Waals surface area contributed by atoms with Crippen molar-refractivity contribution in [2.24, 2.45) is 5.41 Å². The molecule has 0 aromatic heterocycles. The number of ether oxygens (including phenoxy) is 1. The average Bonchev–Trinajstić information content (AvgIpc) is 2.53. The lowest BCUT2D eigenvalue weighted by Gasteiger charge is -2.42. The summed E-state index contributed by atoms with van der Waals surface area (Å²) < 4.78 is 6.32. The Kier molecular flexibility index (Phi) is 4.74. The highest BCUT2D eigenvalue weighted by Gasteiger charge is 2.33. The third-order valence-corrected chi connectivity index (χ3v) is 5.21. The Labute approximate surface area is 135 Å². The summed E-state index contributed by atoms with van der Waals surface area (Å²) in [5, 5.41) is 3.44. The summed E-state index contributed by atoms with van der Waals surface area (Å²) in [4.78, 5) is 2.59. The van der Waals surface area contributed by atoms with Crippen LogP contribution in [0.25, 0.3) is 0 Å². The summed E-state index contributed by atoms with van der Waals surface area (Å²) in [6.07, 6.45) is 3.64. The number of nitrogens with one attached hydrogen (secondary N) is 1. The summed E-state index contributed by atoms with van der Waals surface area (Å²) >= 11 is 0. The van der Waals surface area contributed by atoms with Gasteiger partial charge in [-0.3, -0.25) is 0 Å². The maximum absolute atomic E-state index is 6.32. The van der Waals surface area contributed by atoms with Crippen LogP contribution in [0.3, 0.4) is 0 Å². The van der Waals surface area contributed by atoms with Crippen LogP contribution < -0.4 is 10.1 Å². The first-order valence-electron chi connectivity index (χ1n) is 8.76. The van der Waals surface area contributed by atoms with Crippen molar-refractivity contribution < 1.29 is 4.74 Å². The molecule has 0 radical (unpaired) electrons. The third-order valence-electron chi connectivity index (χ3n) is 5.21. The Bertz CT molecular complexity index is 514. The van der Waals surface area contributed by atoms with Crippen molar-refractivity contribution in [1.82, 2.24) is 10.2 Å². The normalized spacial score (nSPS) is 26.0. The van der Waals surface area contributed by atoms with Crippen molar-refractivity contribution in [1.29, 1.82) is 0 Å². The fourth-order valence-electron chi connectivity index (χ4n) is 3.80. The van der Waals surface area contributed by atoms with Crippen LogP contribution in [-0.4, -0.2) is 37.2 Å². The quantitative estimate of drug-likeness (QED) is 0.924. The Balaban J connectivity index is 1.67. The van der Waals surface area contributed by atoms with Crippen LogP contribution >= 0.6 is 0 Å². The van der Waals surface area contributed by atoms with Gasteiger partial charge in [0.25, 0.3) is 0 Å². The first kappa shape index (κ1) is 15.8. The molecule has 2 aliphatic heterocycles. The molecular weight excluding hydrogens is 272 g/mol. The molecule has 22 heavy (non-hydrogen) atoms. The van der Waals surface area contributed by atoms with E-state index in [1.165, 1.54) is 30.5 Å². The van der Waals surface area contributed by atoms with E-state index in [0.717, 1.165) is 38.4 Å². The third kappa shape index (κ3) is 3.47. The van der Waals surface area contributed by atoms with Crippen molar-refractivity contribution in [2.75, 3.05) is 26.2 Å². The minimum absolute atomic E-state index is 0.276. The van der Waals surface area contributed by atoms with E-state index in [9.17, 15) is 0 Å². The number of likely N-dealkylation sites (tertiary alicyclic amines) is 1. The lowest BCUT2D eigenvalue weighted by Crippen LogP contribution is -2.47. The topological polar surface area (TPSA) is 24.5 Å². The Morgan fingerprint density at radius 1 is 1.36 bits per heavy atom. The monoisotopic (exact) mass is 302 g/mol. The number of benzene rings is 1. The van der Waals surface area contributed by atoms with Crippen LogP contribution in [0.2, 0.25) is 0 Å². The molecule has 3 heteroatoms. The highest BCUT2D eigenvalue weighted by atomic mass is 16.5. The largest absolute Gasteiger partial charge is 0.493 e. The Hall–Kier alpha value is -1.06. The van der Waals surface area contributed by atoms with E-state index < -0.39 is 0 Å². The van der Waals surface area contributed by atoms with Gasteiger partial charge < -0.3 is 15.0 Å². The van der Waals surface area contributed by atoms with E-state index in [1.54, 1.807) is 0 Å². The van der Waals surface area contributed by atoms with Crippen LogP contribution in [-0.2, 0) is 13.0 Å². The summed E-state index contributed by atoms with van der Waals surface area (Å²) in [6, 6.07) is 7.13. The Morgan fingerprint density at radius 3 is 3.05 bits per heavy atom. The van der Waals surface area contributed by atoms with Gasteiger partial charge in [-0.05, 0) is 63.4 Å². The second kappa shape index (κ2) is 6.59. The molecule has 1 fully saturated rings. The predicted octanol–water partition coefficient (Wildman–Crippen LogP) is 3.22. The van der Waals surface area contributed by atoms with Gasteiger partial charge in [0.05, 0.1) is 6.61 Å². The minimum atomic E-state index is 0.276. The van der Waals surface area contributed by atoms with Gasteiger partial charge in [0.1, 0.15) is 5.75 Å². The highest BCUT2D eigenvalue weighted by molar-refractivity contribution is 5.41. The van der Waals surface area contributed by atoms with Crippen LogP contribution in [0, 0.1) is 5.41 Å². The number of rotatable bonds is 4. The smallest absolute Gasteiger partial charge is 0.122 e. The van der Waals surface area contributed by atoms with Crippen molar-refractivity contribution >= 4 is 0 Å². The molecule has 2 heterocycles. The van der Waals surface area contributed by atoms with E-state index in [4.69, 9.17) is 4.74 Å². The van der Waals surface area contributed by atoms with Gasteiger partial charge in [0, 0.05) is 24.5 Å². The lowest BCUT2D eigenvalue weighted by atomic mass is 9.82. The molecule has 3 nitrogen and oxygen atoms in total. The standard InChI is InChI=1S/C19H30N2O/c1-15(2)21-11-5-9-19(3,13-21)14-22-18-7-4-6-16-12-20-10-8-17(16)18/h4,6-7,15,20H,5,8-14H2,1-3H3. The summed E-state index contributed by atoms with van der Waals surface area (Å²) in [6.45, 7) is 12.2. The van der Waals surface area contributed by atoms with Gasteiger partial charge in [-0.1, -0.05) is 19.1 Å². The predicted molar refractivity (Wildman–Crippen MR) is 91.4 cm³/mol. The molecule has 1 atom stereocenters. The summed E-state index contributed by atoms with van der Waals surface area (Å²) in [5.41, 5.74) is 3.10. The maximum Gasteiger partial charge on any atom is 0.122 e. The van der Waals surface area contributed by atoms with Gasteiger partial charge >= 0.3 is 0 Å². The summed E-state index contributed by atoms with van der Waals surface area (Å²) in [5.74, 6) is 1.11. The SMILES string of the molecule is CC(C)N1CCCC(C)(COc2cccc3c2CCNC3)C1. The van der Waals surface area contributed by atoms with Crippen LogP contribution in [0.5, 0.6) is 5.75 Å². The fourth-order valence-corrected chi connectivity index (χ4v) is 3.80. The molecule has 122 valence electrons. The van der Waals surface area contributed by atoms with E-state index in [0.29, 0.717) is 6.04 Å². The van der Waals surface area contributed by atoms with Crippen molar-refractivity contribution in [3.8, 4) is 5.75 Å². The molecule has 2 aliphatic rings. The highest BCUT2D eigenvalue weighted by Crippen LogP contribution is 2.33. The van der Waals surface area contributed by atoms with Crippen molar-refractivity contribution in [3.63, 3.8) is 0 Å². The van der Waals surface area contributed by atoms with Gasteiger partial charge in [0.2, 0.25) is 0 Å². The maximum atomic E-state index is 6.32. The van der Waals surface area contributed by atoms with Gasteiger partial charge in [-0.15, -0.1) is 0 Å². The number of hydrogen-bond acceptors (Lipinski definition) is 3. The summed E-state index contributed by atoms with van der Waals surface area (Å²) in [7, 11) is 0. The van der Waals surface area contributed by atoms with E-state index in [-0.39, 0.29) is 5.41 Å². The first-order chi connectivity index (χ1) is 10.6. The lowest BCUT2D eigenvalue weighted by molar-refractivity contribution is 0.0402. The minimum Gasteiger partial charge on any atom is -0.493 e. The number of fused-ring (bicyclic) bond motifs is 1. The molecule has 0 spiro atoms. The zero-order valence-corrected chi connectivity index (χ0v) is 14.3. The molecule has 1 N–H and O–H groups in total. The molecule has 3 rings (SSSR count). The zero-order valence-electron chi connectivity index (χ0n) is 14.3. The Morgan fingerprint density at radius 2 is 2.23 bits per heavy atom. The van der Waals surface area contributed by atoms with E-state index in [2.05, 4.69) is 49.2 Å². The van der Waals surface area contributed by atoms with Gasteiger partial charge in [-0.2, -0.15) is 0 Å². The molecule has 0 bridgehead atoms. The first-order valence-corrected chi connectivity index (χ1v) is 8.76. The van der Waals surface area contributed by atoms with Crippen LogP contribution in [0.4, 0.5) is 0 Å². The van der Waals surface area contributed by atoms with Gasteiger partial charge in [0.15, 0.2) is 0 Å². The van der Waals surface area contributed by atoms with E-state index in [1.807, 2.05) is 0 Å². The average molecular weight is 302 g/mol. The second-order valence-corrected chi connectivity index (χ2v) is 7.59. The molecule has 1 aromatic rings. The molecule has 1 unspecified atom stereocenters. The molecule has 0 saturated carbocycles. The van der Waals surface area contributed by atoms with E-state index >= 15 is 0 Å². The van der Waals surface area contributed by atoms with Gasteiger partial charge in [-0.25, -0.2) is 0 Å². The molecule has 0 aliphatic carbocycles. The van der Waals surface area contributed by atoms with Crippen LogP contribution in [0.15, 0.2) is 18.2 Å². The molecule has 1 saturated heterocycles. The van der Waals surface area contributed by atoms with Crippen molar-refractivity contribution in [3.05, 3.63) is 29.3 Å². The fraction of sp³-hybridized carbons (Fsp3) is 0.684. The second-order valence-electron chi connectivity index (χ2n) is 7.59. The van der Waals surface area contributed by atoms with Crippen molar-refractivity contribution in [2.45, 2.75) is 52.6 Å². The van der Waals surface area contributed by atoms with Crippen LogP contribution in [0.1, 0.15) is 44.7 Å². The number of piperidine rings is 1.